The van der Waals surface area contributed by atoms with Gasteiger partial charge < -0.3 is 9.84 Å². The van der Waals surface area contributed by atoms with Gasteiger partial charge in [-0.1, -0.05) is 36.7 Å². The lowest BCUT2D eigenvalue weighted by molar-refractivity contribution is -0.131. The average Bonchev–Trinajstić information content (AvgIpc) is 3.16. The molecule has 9 heteroatoms. The van der Waals surface area contributed by atoms with Gasteiger partial charge in [-0.2, -0.15) is 0 Å². The summed E-state index contributed by atoms with van der Waals surface area (Å²) in [5.41, 5.74) is 1.71. The van der Waals surface area contributed by atoms with Crippen LogP contribution in [0.25, 0.3) is 6.08 Å². The smallest absolute Gasteiger partial charge is 0.342 e. The van der Waals surface area contributed by atoms with Crippen molar-refractivity contribution in [1.29, 1.82) is 0 Å². The predicted octanol–water partition coefficient (Wildman–Crippen LogP) is 5.58. The Kier molecular flexibility index (Phi) is 7.35. The lowest BCUT2D eigenvalue weighted by atomic mass is 10.2. The van der Waals surface area contributed by atoms with Crippen molar-refractivity contribution in [1.82, 2.24) is 15.2 Å². The van der Waals surface area contributed by atoms with E-state index in [9.17, 15) is 9.90 Å². The second-order valence-electron chi connectivity index (χ2n) is 5.94. The normalized spacial score (nSPS) is 11.5. The van der Waals surface area contributed by atoms with Gasteiger partial charge in [0.05, 0.1) is 4.47 Å². The lowest BCUT2D eigenvalue weighted by Gasteiger charge is -2.09. The molecule has 0 aliphatic carbocycles. The highest BCUT2D eigenvalue weighted by atomic mass is 79.9. The molecule has 0 aliphatic heterocycles. The molecule has 0 amide bonds. The van der Waals surface area contributed by atoms with Gasteiger partial charge in [-0.05, 0) is 69.2 Å². The molecule has 150 valence electrons. The third-order valence-corrected chi connectivity index (χ3v) is 5.57. The molecule has 2 aromatic carbocycles. The first-order valence-electron chi connectivity index (χ1n) is 8.65. The highest BCUT2D eigenvalue weighted by molar-refractivity contribution is 9.10. The SMILES string of the molecule is CCc1nc(S/C(=C\c2ccc(OCc3ccc(Cl)cc3)c(Br)c2)C(=O)O)n[nH]1. The van der Waals surface area contributed by atoms with Crippen LogP contribution in [0, 0.1) is 0 Å². The minimum atomic E-state index is -1.04. The van der Waals surface area contributed by atoms with E-state index in [1.54, 1.807) is 24.3 Å². The molecular weight excluding hydrogens is 478 g/mol. The number of aryl methyl sites for hydroxylation is 1. The summed E-state index contributed by atoms with van der Waals surface area (Å²) in [5, 5.41) is 17.4. The molecule has 3 rings (SSSR count). The summed E-state index contributed by atoms with van der Waals surface area (Å²) < 4.78 is 6.55. The summed E-state index contributed by atoms with van der Waals surface area (Å²) in [7, 11) is 0. The summed E-state index contributed by atoms with van der Waals surface area (Å²) in [6.45, 7) is 2.34. The number of halogens is 2. The van der Waals surface area contributed by atoms with Crippen molar-refractivity contribution >= 4 is 51.3 Å². The van der Waals surface area contributed by atoms with Crippen molar-refractivity contribution in [2.24, 2.45) is 0 Å². The molecule has 0 saturated heterocycles. The van der Waals surface area contributed by atoms with Gasteiger partial charge in [0.25, 0.3) is 0 Å². The van der Waals surface area contributed by atoms with Crippen molar-refractivity contribution in [3.05, 3.63) is 73.8 Å². The summed E-state index contributed by atoms with van der Waals surface area (Å²) in [4.78, 5) is 16.0. The van der Waals surface area contributed by atoms with Gasteiger partial charge in [0, 0.05) is 11.4 Å². The lowest BCUT2D eigenvalue weighted by Crippen LogP contribution is -1.98. The van der Waals surface area contributed by atoms with Crippen LogP contribution in [0.5, 0.6) is 5.75 Å². The fourth-order valence-electron chi connectivity index (χ4n) is 2.33. The Morgan fingerprint density at radius 1 is 1.31 bits per heavy atom. The van der Waals surface area contributed by atoms with Crippen LogP contribution in [-0.4, -0.2) is 26.3 Å². The van der Waals surface area contributed by atoms with Gasteiger partial charge in [-0.25, -0.2) is 9.78 Å². The molecule has 1 aromatic heterocycles. The number of nitrogens with zero attached hydrogens (tertiary/aromatic N) is 2. The number of carboxylic acid groups (broad SMARTS) is 1. The summed E-state index contributed by atoms with van der Waals surface area (Å²) in [6, 6.07) is 12.8. The van der Waals surface area contributed by atoms with Gasteiger partial charge in [0.2, 0.25) is 5.16 Å². The van der Waals surface area contributed by atoms with Crippen molar-refractivity contribution in [3.63, 3.8) is 0 Å². The topological polar surface area (TPSA) is 88.1 Å². The van der Waals surface area contributed by atoms with E-state index in [0.717, 1.165) is 21.8 Å². The highest BCUT2D eigenvalue weighted by Gasteiger charge is 2.14. The fraction of sp³-hybridized carbons (Fsp3) is 0.150. The van der Waals surface area contributed by atoms with Gasteiger partial charge >= 0.3 is 5.97 Å². The molecule has 6 nitrogen and oxygen atoms in total. The number of carboxylic acids is 1. The Morgan fingerprint density at radius 2 is 2.07 bits per heavy atom. The average molecular weight is 495 g/mol. The van der Waals surface area contributed by atoms with E-state index in [4.69, 9.17) is 16.3 Å². The maximum absolute atomic E-state index is 11.6. The monoisotopic (exact) mass is 493 g/mol. The first-order chi connectivity index (χ1) is 13.9. The second-order valence-corrected chi connectivity index (χ2v) is 8.24. The molecule has 1 heterocycles. The zero-order chi connectivity index (χ0) is 20.8. The van der Waals surface area contributed by atoms with Gasteiger partial charge in [0.15, 0.2) is 0 Å². The highest BCUT2D eigenvalue weighted by Crippen LogP contribution is 2.30. The molecule has 0 unspecified atom stereocenters. The molecular formula is C20H17BrClN3O3S. The number of nitrogens with one attached hydrogen (secondary N) is 1. The Labute approximate surface area is 185 Å². The summed E-state index contributed by atoms with van der Waals surface area (Å²) in [5.74, 6) is 0.322. The zero-order valence-corrected chi connectivity index (χ0v) is 18.5. The first-order valence-corrected chi connectivity index (χ1v) is 10.6. The van der Waals surface area contributed by atoms with Crippen molar-refractivity contribution in [2.75, 3.05) is 0 Å². The van der Waals surface area contributed by atoms with Crippen molar-refractivity contribution in [2.45, 2.75) is 25.1 Å². The summed E-state index contributed by atoms with van der Waals surface area (Å²) >= 11 is 10.4. The molecule has 0 spiro atoms. The van der Waals surface area contributed by atoms with Crippen molar-refractivity contribution < 1.29 is 14.6 Å². The van der Waals surface area contributed by atoms with Crippen LogP contribution in [0.2, 0.25) is 5.02 Å². The quantitative estimate of drug-likeness (QED) is 0.314. The number of H-pyrrole nitrogens is 1. The third-order valence-electron chi connectivity index (χ3n) is 3.82. The minimum absolute atomic E-state index is 0.119. The maximum atomic E-state index is 11.6. The molecule has 3 aromatic rings. The van der Waals surface area contributed by atoms with Gasteiger partial charge in [-0.3, -0.25) is 5.10 Å². The van der Waals surface area contributed by atoms with E-state index >= 15 is 0 Å². The van der Waals surface area contributed by atoms with Crippen LogP contribution in [0.15, 0.2) is 57.0 Å². The van der Waals surface area contributed by atoms with Crippen LogP contribution >= 0.6 is 39.3 Å². The Morgan fingerprint density at radius 3 is 2.69 bits per heavy atom. The third kappa shape index (κ3) is 6.09. The van der Waals surface area contributed by atoms with E-state index in [-0.39, 0.29) is 4.91 Å². The van der Waals surface area contributed by atoms with E-state index in [0.29, 0.717) is 40.3 Å². The number of benzene rings is 2. The van der Waals surface area contributed by atoms with Gasteiger partial charge in [-0.15, -0.1) is 5.10 Å². The number of carbonyl (C=O) groups is 1. The van der Waals surface area contributed by atoms with Crippen LogP contribution in [-0.2, 0) is 17.8 Å². The van der Waals surface area contributed by atoms with E-state index in [1.165, 1.54) is 0 Å². The number of aromatic amines is 1. The molecule has 0 aliphatic rings. The van der Waals surface area contributed by atoms with E-state index in [1.807, 2.05) is 31.2 Å². The van der Waals surface area contributed by atoms with Crippen LogP contribution in [0.3, 0.4) is 0 Å². The molecule has 2 N–H and O–H groups in total. The summed E-state index contributed by atoms with van der Waals surface area (Å²) in [6.07, 6.45) is 2.27. The Balaban J connectivity index is 1.72. The zero-order valence-electron chi connectivity index (χ0n) is 15.4. The largest absolute Gasteiger partial charge is 0.488 e. The number of hydrogen-bond donors (Lipinski definition) is 2. The first kappa shape index (κ1) is 21.4. The van der Waals surface area contributed by atoms with Crippen LogP contribution in [0.1, 0.15) is 23.9 Å². The number of aliphatic carboxylic acids is 1. The number of hydrogen-bond acceptors (Lipinski definition) is 5. The number of aromatic nitrogens is 3. The van der Waals surface area contributed by atoms with Crippen LogP contribution in [0.4, 0.5) is 0 Å². The minimum Gasteiger partial charge on any atom is -0.488 e. The standard InChI is InChI=1S/C20H17BrClN3O3S/c1-2-18-23-20(25-24-18)29-17(19(26)27)10-13-5-8-16(15(21)9-13)28-11-12-3-6-14(22)7-4-12/h3-10H,2,11H2,1H3,(H,26,27)(H,23,24,25)/b17-10-. The predicted molar refractivity (Wildman–Crippen MR) is 117 cm³/mol. The Bertz CT molecular complexity index is 1040. The van der Waals surface area contributed by atoms with Crippen molar-refractivity contribution in [3.8, 4) is 5.75 Å². The number of thioether (sulfide) groups is 1. The molecule has 0 fully saturated rings. The van der Waals surface area contributed by atoms with E-state index < -0.39 is 5.97 Å². The van der Waals surface area contributed by atoms with Crippen LogP contribution < -0.4 is 4.74 Å². The number of ether oxygens (including phenoxy) is 1. The second kappa shape index (κ2) is 9.96. The fourth-order valence-corrected chi connectivity index (χ4v) is 3.69. The van der Waals surface area contributed by atoms with Gasteiger partial charge in [0.1, 0.15) is 23.1 Å². The molecule has 0 radical (unpaired) electrons. The van der Waals surface area contributed by atoms with E-state index in [2.05, 4.69) is 31.1 Å². The maximum Gasteiger partial charge on any atom is 0.342 e. The molecule has 0 bridgehead atoms. The number of rotatable bonds is 8. The Hall–Kier alpha value is -2.29. The molecule has 29 heavy (non-hydrogen) atoms. The molecule has 0 saturated carbocycles. The molecule has 0 atom stereocenters.